The summed E-state index contributed by atoms with van der Waals surface area (Å²) in [7, 11) is 0. The number of imide groups is 1. The fraction of sp³-hybridized carbons (Fsp3) is 0.357. The maximum atomic E-state index is 11.9. The van der Waals surface area contributed by atoms with Gasteiger partial charge >= 0.3 is 5.97 Å². The number of hydrogen-bond acceptors (Lipinski definition) is 5. The first-order chi connectivity index (χ1) is 9.65. The van der Waals surface area contributed by atoms with Crippen LogP contribution in [0.1, 0.15) is 40.5 Å². The topological polar surface area (TPSA) is 63.7 Å². The van der Waals surface area contributed by atoms with Crippen molar-refractivity contribution in [1.82, 2.24) is 5.06 Å². The van der Waals surface area contributed by atoms with Crippen LogP contribution in [0, 0.1) is 0 Å². The fourth-order valence-corrected chi connectivity index (χ4v) is 2.64. The van der Waals surface area contributed by atoms with Gasteiger partial charge in [-0.25, -0.2) is 4.79 Å². The van der Waals surface area contributed by atoms with Crippen LogP contribution in [0.4, 0.5) is 0 Å². The van der Waals surface area contributed by atoms with Gasteiger partial charge in [0, 0.05) is 0 Å². The van der Waals surface area contributed by atoms with E-state index in [1.807, 2.05) is 0 Å². The van der Waals surface area contributed by atoms with Crippen LogP contribution in [0.2, 0.25) is 0 Å². The van der Waals surface area contributed by atoms with E-state index in [4.69, 9.17) is 4.84 Å². The molecule has 0 bridgehead atoms. The van der Waals surface area contributed by atoms with Crippen molar-refractivity contribution in [2.45, 2.75) is 19.8 Å². The van der Waals surface area contributed by atoms with Gasteiger partial charge in [-0.15, -0.1) is 0 Å². The van der Waals surface area contributed by atoms with Crippen molar-refractivity contribution in [1.29, 1.82) is 0 Å². The van der Waals surface area contributed by atoms with Crippen molar-refractivity contribution < 1.29 is 19.2 Å². The van der Waals surface area contributed by atoms with Gasteiger partial charge in [0.15, 0.2) is 0 Å². The van der Waals surface area contributed by atoms with E-state index in [0.29, 0.717) is 5.06 Å². The lowest BCUT2D eigenvalue weighted by atomic mass is 10.1. The minimum atomic E-state index is -0.586. The van der Waals surface area contributed by atoms with Gasteiger partial charge in [-0.1, -0.05) is 30.5 Å². The average molecular weight is 293 g/mol. The van der Waals surface area contributed by atoms with E-state index in [1.165, 1.54) is 11.8 Å². The Hall–Kier alpha value is -1.82. The second kappa shape index (κ2) is 6.56. The number of hydrogen-bond donors (Lipinski definition) is 0. The lowest BCUT2D eigenvalue weighted by molar-refractivity contribution is -0.165. The first kappa shape index (κ1) is 14.6. The van der Waals surface area contributed by atoms with Crippen molar-refractivity contribution in [3.05, 3.63) is 35.4 Å². The molecule has 0 radical (unpaired) electrons. The zero-order chi connectivity index (χ0) is 14.5. The number of hydroxylamine groups is 2. The summed E-state index contributed by atoms with van der Waals surface area (Å²) < 4.78 is 0. The van der Waals surface area contributed by atoms with E-state index in [1.54, 1.807) is 24.3 Å². The van der Waals surface area contributed by atoms with Crippen molar-refractivity contribution in [2.24, 2.45) is 0 Å². The summed E-state index contributed by atoms with van der Waals surface area (Å²) in [6, 6.07) is 6.41. The maximum absolute atomic E-state index is 11.9. The zero-order valence-electron chi connectivity index (χ0n) is 11.1. The first-order valence-corrected chi connectivity index (χ1v) is 7.57. The van der Waals surface area contributed by atoms with Crippen LogP contribution in [-0.2, 0) is 9.63 Å². The van der Waals surface area contributed by atoms with E-state index in [2.05, 4.69) is 6.92 Å². The third-order valence-electron chi connectivity index (χ3n) is 2.81. The van der Waals surface area contributed by atoms with Crippen LogP contribution in [0.3, 0.4) is 0 Å². The van der Waals surface area contributed by atoms with Gasteiger partial charge in [-0.2, -0.15) is 11.8 Å². The van der Waals surface area contributed by atoms with Gasteiger partial charge in [-0.05, 0) is 24.3 Å². The van der Waals surface area contributed by atoms with Crippen molar-refractivity contribution in [2.75, 3.05) is 11.5 Å². The second-order valence-corrected chi connectivity index (χ2v) is 5.42. The molecule has 0 spiro atoms. The molecule has 106 valence electrons. The number of carbonyl (C=O) groups is 3. The summed E-state index contributed by atoms with van der Waals surface area (Å²) >= 11 is 1.43. The van der Waals surface area contributed by atoms with Gasteiger partial charge in [-0.3, -0.25) is 9.59 Å². The SMILES string of the molecule is CCCCSCC(=O)ON1C(=O)c2ccccc2C1=O. The molecule has 5 nitrogen and oxygen atoms in total. The lowest BCUT2D eigenvalue weighted by Crippen LogP contribution is -2.33. The molecule has 1 heterocycles. The summed E-state index contributed by atoms with van der Waals surface area (Å²) in [4.78, 5) is 40.4. The number of amides is 2. The molecule has 20 heavy (non-hydrogen) atoms. The summed E-state index contributed by atoms with van der Waals surface area (Å²) in [6.07, 6.45) is 2.07. The van der Waals surface area contributed by atoms with Crippen molar-refractivity contribution in [3.8, 4) is 0 Å². The predicted octanol–water partition coefficient (Wildman–Crippen LogP) is 2.27. The highest BCUT2D eigenvalue weighted by Gasteiger charge is 2.38. The minimum Gasteiger partial charge on any atom is -0.329 e. The fourth-order valence-electron chi connectivity index (χ4n) is 1.78. The van der Waals surface area contributed by atoms with Crippen LogP contribution in [-0.4, -0.2) is 34.4 Å². The Morgan fingerprint density at radius 1 is 1.20 bits per heavy atom. The Morgan fingerprint density at radius 3 is 2.35 bits per heavy atom. The van der Waals surface area contributed by atoms with Crippen LogP contribution in [0.5, 0.6) is 0 Å². The molecule has 0 saturated heterocycles. The Morgan fingerprint density at radius 2 is 1.80 bits per heavy atom. The molecule has 0 aromatic heterocycles. The molecule has 0 unspecified atom stereocenters. The van der Waals surface area contributed by atoms with Gasteiger partial charge in [0.25, 0.3) is 11.8 Å². The number of fused-ring (bicyclic) bond motifs is 1. The largest absolute Gasteiger partial charge is 0.343 e. The molecular formula is C14H15NO4S. The standard InChI is InChI=1S/C14H15NO4S/c1-2-3-8-20-9-12(16)19-15-13(17)10-6-4-5-7-11(10)14(15)18/h4-7H,2-3,8-9H2,1H3. The lowest BCUT2D eigenvalue weighted by Gasteiger charge is -2.12. The van der Waals surface area contributed by atoms with Gasteiger partial charge in [0.05, 0.1) is 16.9 Å². The van der Waals surface area contributed by atoms with Crippen LogP contribution < -0.4 is 0 Å². The number of benzene rings is 1. The van der Waals surface area contributed by atoms with E-state index >= 15 is 0 Å². The third-order valence-corrected chi connectivity index (χ3v) is 3.83. The van der Waals surface area contributed by atoms with E-state index in [9.17, 15) is 14.4 Å². The maximum Gasteiger partial charge on any atom is 0.343 e. The Labute approximate surface area is 121 Å². The molecule has 0 atom stereocenters. The molecule has 0 saturated carbocycles. The van der Waals surface area contributed by atoms with Crippen molar-refractivity contribution >= 4 is 29.5 Å². The predicted molar refractivity (Wildman–Crippen MR) is 75.3 cm³/mol. The quantitative estimate of drug-likeness (QED) is 0.594. The molecule has 2 amide bonds. The zero-order valence-corrected chi connectivity index (χ0v) is 11.9. The monoisotopic (exact) mass is 293 g/mol. The minimum absolute atomic E-state index is 0.132. The highest BCUT2D eigenvalue weighted by atomic mass is 32.2. The number of rotatable bonds is 6. The molecule has 2 rings (SSSR count). The van der Waals surface area contributed by atoms with Crippen LogP contribution in [0.25, 0.3) is 0 Å². The summed E-state index contributed by atoms with van der Waals surface area (Å²) in [5.74, 6) is -0.767. The first-order valence-electron chi connectivity index (χ1n) is 6.41. The Balaban J connectivity index is 1.93. The molecule has 1 aliphatic rings. The molecule has 6 heteroatoms. The highest BCUT2D eigenvalue weighted by Crippen LogP contribution is 2.22. The Bertz CT molecular complexity index is 509. The van der Waals surface area contributed by atoms with Crippen LogP contribution in [0.15, 0.2) is 24.3 Å². The summed E-state index contributed by atoms with van der Waals surface area (Å²) in [6.45, 7) is 2.07. The molecule has 0 fully saturated rings. The normalized spacial score (nSPS) is 13.6. The van der Waals surface area contributed by atoms with E-state index < -0.39 is 17.8 Å². The molecule has 1 aromatic carbocycles. The number of thioether (sulfide) groups is 1. The molecule has 1 aliphatic heterocycles. The van der Waals surface area contributed by atoms with E-state index in [-0.39, 0.29) is 16.9 Å². The third kappa shape index (κ3) is 3.01. The number of carbonyl (C=O) groups excluding carboxylic acids is 3. The smallest absolute Gasteiger partial charge is 0.329 e. The second-order valence-electron chi connectivity index (χ2n) is 4.32. The van der Waals surface area contributed by atoms with Gasteiger partial charge in [0.2, 0.25) is 0 Å². The number of unbranched alkanes of at least 4 members (excludes halogenated alkanes) is 1. The van der Waals surface area contributed by atoms with Crippen molar-refractivity contribution in [3.63, 3.8) is 0 Å². The van der Waals surface area contributed by atoms with E-state index in [0.717, 1.165) is 18.6 Å². The highest BCUT2D eigenvalue weighted by molar-refractivity contribution is 7.99. The van der Waals surface area contributed by atoms with Gasteiger partial charge in [0.1, 0.15) is 0 Å². The van der Waals surface area contributed by atoms with Gasteiger partial charge < -0.3 is 4.84 Å². The summed E-state index contributed by atoms with van der Waals surface area (Å²) in [5, 5.41) is 0.549. The Kier molecular flexibility index (Phi) is 4.79. The molecule has 1 aromatic rings. The summed E-state index contributed by atoms with van der Waals surface area (Å²) in [5.41, 5.74) is 0.535. The molecule has 0 aliphatic carbocycles. The number of nitrogens with zero attached hydrogens (tertiary/aromatic N) is 1. The van der Waals surface area contributed by atoms with Crippen LogP contribution >= 0.6 is 11.8 Å². The molecular weight excluding hydrogens is 278 g/mol. The average Bonchev–Trinajstić information content (AvgIpc) is 2.69. The molecule has 0 N–H and O–H groups in total.